The van der Waals surface area contributed by atoms with E-state index in [1.54, 1.807) is 0 Å². The fourth-order valence-corrected chi connectivity index (χ4v) is 3.53. The zero-order valence-corrected chi connectivity index (χ0v) is 15.6. The minimum absolute atomic E-state index is 0.104. The first-order valence-electron chi connectivity index (χ1n) is 9.20. The molecule has 3 rings (SSSR count). The molecule has 3 heterocycles. The van der Waals surface area contributed by atoms with E-state index < -0.39 is 87.0 Å². The minimum atomic E-state index is -1.55. The maximum Gasteiger partial charge on any atom is 0.187 e. The van der Waals surface area contributed by atoms with Crippen LogP contribution < -0.4 is 0 Å². The maximum atomic E-state index is 10.3. The molecule has 12 atom stereocenters. The van der Waals surface area contributed by atoms with E-state index in [1.807, 2.05) is 0 Å². The lowest BCUT2D eigenvalue weighted by Crippen LogP contribution is -2.59. The summed E-state index contributed by atoms with van der Waals surface area (Å²) in [4.78, 5) is 0. The summed E-state index contributed by atoms with van der Waals surface area (Å²) < 4.78 is 32.3. The Morgan fingerprint density at radius 2 is 1.24 bits per heavy atom. The molecule has 0 radical (unpaired) electrons. The van der Waals surface area contributed by atoms with E-state index in [0.717, 1.165) is 0 Å². The summed E-state index contributed by atoms with van der Waals surface area (Å²) in [6, 6.07) is 0. The highest BCUT2D eigenvalue weighted by Crippen LogP contribution is 2.31. The second-order valence-corrected chi connectivity index (χ2v) is 7.11. The summed E-state index contributed by atoms with van der Waals surface area (Å²) in [5.41, 5.74) is 0. The molecular weight excluding hydrogens is 400 g/mol. The lowest BCUT2D eigenvalue weighted by Gasteiger charge is -2.41. The number of rotatable bonds is 7. The number of hydrogen-bond acceptors (Lipinski definition) is 13. The van der Waals surface area contributed by atoms with E-state index in [-0.39, 0.29) is 6.61 Å². The molecule has 170 valence electrons. The molecule has 13 heteroatoms. The van der Waals surface area contributed by atoms with Crippen LogP contribution in [0.5, 0.6) is 0 Å². The third-order valence-electron chi connectivity index (χ3n) is 5.28. The van der Waals surface area contributed by atoms with Crippen molar-refractivity contribution in [1.82, 2.24) is 0 Å². The molecule has 3 saturated heterocycles. The van der Waals surface area contributed by atoms with Gasteiger partial charge in [-0.15, -0.1) is 0 Å². The van der Waals surface area contributed by atoms with Crippen LogP contribution in [-0.2, 0) is 28.4 Å². The van der Waals surface area contributed by atoms with Gasteiger partial charge in [0.2, 0.25) is 0 Å². The molecule has 0 spiro atoms. The Kier molecular flexibility index (Phi) is 7.77. The van der Waals surface area contributed by atoms with Gasteiger partial charge < -0.3 is 64.2 Å². The van der Waals surface area contributed by atoms with Crippen molar-refractivity contribution in [2.75, 3.05) is 26.9 Å². The van der Waals surface area contributed by atoms with Gasteiger partial charge in [-0.1, -0.05) is 0 Å². The van der Waals surface area contributed by atoms with Gasteiger partial charge >= 0.3 is 0 Å². The van der Waals surface area contributed by atoms with Crippen LogP contribution in [0.4, 0.5) is 0 Å². The van der Waals surface area contributed by atoms with Gasteiger partial charge in [0.15, 0.2) is 18.9 Å². The average Bonchev–Trinajstić information content (AvgIpc) is 3.15. The summed E-state index contributed by atoms with van der Waals surface area (Å²) in [6.45, 7) is -1.22. The standard InChI is InChI=1S/C16H28O13/c1-24-7-4-25-14(23)13(29-16-11(22)9(20)6(3-18)27-16)12(7)28-15-10(21)8(19)5(2-17)26-15/h5-23H,2-4H2,1H3/t5?,6?,7-,8?,9?,10-,11-,12?,13?,14-,15?,16?/m1/s1. The summed E-state index contributed by atoms with van der Waals surface area (Å²) in [6.07, 6.45) is -15.5. The van der Waals surface area contributed by atoms with Crippen molar-refractivity contribution < 1.29 is 64.2 Å². The van der Waals surface area contributed by atoms with Crippen LogP contribution in [0.15, 0.2) is 0 Å². The van der Waals surface area contributed by atoms with E-state index in [9.17, 15) is 35.7 Å². The predicted octanol–water partition coefficient (Wildman–Crippen LogP) is -5.00. The average molecular weight is 428 g/mol. The number of methoxy groups -OCH3 is 1. The molecule has 3 aliphatic heterocycles. The van der Waals surface area contributed by atoms with Gasteiger partial charge in [-0.2, -0.15) is 0 Å². The predicted molar refractivity (Wildman–Crippen MR) is 88.0 cm³/mol. The van der Waals surface area contributed by atoms with Crippen LogP contribution in [0, 0.1) is 0 Å². The van der Waals surface area contributed by atoms with Crippen LogP contribution in [-0.4, -0.2) is 136 Å². The summed E-state index contributed by atoms with van der Waals surface area (Å²) >= 11 is 0. The van der Waals surface area contributed by atoms with Gasteiger partial charge in [0.05, 0.1) is 19.8 Å². The van der Waals surface area contributed by atoms with E-state index in [4.69, 9.17) is 28.4 Å². The highest BCUT2D eigenvalue weighted by Gasteiger charge is 2.52. The smallest absolute Gasteiger partial charge is 0.187 e. The molecule has 3 aliphatic rings. The summed E-state index contributed by atoms with van der Waals surface area (Å²) in [5, 5.41) is 68.6. The first-order chi connectivity index (χ1) is 13.8. The molecule has 13 nitrogen and oxygen atoms in total. The van der Waals surface area contributed by atoms with Gasteiger partial charge in [0, 0.05) is 7.11 Å². The second-order valence-electron chi connectivity index (χ2n) is 7.11. The molecule has 29 heavy (non-hydrogen) atoms. The van der Waals surface area contributed by atoms with Crippen molar-refractivity contribution in [3.8, 4) is 0 Å². The van der Waals surface area contributed by atoms with Crippen molar-refractivity contribution >= 4 is 0 Å². The largest absolute Gasteiger partial charge is 0.394 e. The Labute approximate surface area is 165 Å². The second kappa shape index (κ2) is 9.74. The molecule has 0 aromatic heterocycles. The Morgan fingerprint density at radius 1 is 0.759 bits per heavy atom. The molecule has 0 saturated carbocycles. The number of aliphatic hydroxyl groups is 7. The van der Waals surface area contributed by atoms with Crippen molar-refractivity contribution in [2.24, 2.45) is 0 Å². The van der Waals surface area contributed by atoms with Crippen LogP contribution in [0.25, 0.3) is 0 Å². The topological polar surface area (TPSA) is 197 Å². The van der Waals surface area contributed by atoms with Crippen molar-refractivity contribution in [2.45, 2.75) is 73.8 Å². The van der Waals surface area contributed by atoms with Gasteiger partial charge in [0.25, 0.3) is 0 Å². The third-order valence-corrected chi connectivity index (χ3v) is 5.28. The molecule has 0 bridgehead atoms. The molecule has 0 aromatic carbocycles. The van der Waals surface area contributed by atoms with Gasteiger partial charge in [-0.05, 0) is 0 Å². The quantitative estimate of drug-likeness (QED) is 0.204. The van der Waals surface area contributed by atoms with Gasteiger partial charge in [-0.25, -0.2) is 0 Å². The fourth-order valence-electron chi connectivity index (χ4n) is 3.53. The molecule has 8 unspecified atom stereocenters. The van der Waals surface area contributed by atoms with Crippen LogP contribution in [0.3, 0.4) is 0 Å². The molecule has 7 N–H and O–H groups in total. The van der Waals surface area contributed by atoms with E-state index in [1.165, 1.54) is 7.11 Å². The SMILES string of the molecule is CO[C@@H]1CO[C@@H](O)C(OC2OC(CO)C(O)[C@H]2O)C1OC1OC(CO)C(O)[C@H]1O. The highest BCUT2D eigenvalue weighted by molar-refractivity contribution is 4.93. The molecule has 0 aromatic rings. The molecule has 0 aliphatic carbocycles. The van der Waals surface area contributed by atoms with Crippen molar-refractivity contribution in [1.29, 1.82) is 0 Å². The Morgan fingerprint density at radius 3 is 1.66 bits per heavy atom. The van der Waals surface area contributed by atoms with Crippen LogP contribution >= 0.6 is 0 Å². The zero-order valence-electron chi connectivity index (χ0n) is 15.6. The first-order valence-corrected chi connectivity index (χ1v) is 9.20. The molecule has 3 fully saturated rings. The first kappa shape index (κ1) is 23.1. The van der Waals surface area contributed by atoms with Crippen molar-refractivity contribution in [3.63, 3.8) is 0 Å². The highest BCUT2D eigenvalue weighted by atomic mass is 16.8. The lowest BCUT2D eigenvalue weighted by atomic mass is 10.0. The Bertz CT molecular complexity index is 523. The Balaban J connectivity index is 1.74. The van der Waals surface area contributed by atoms with E-state index in [0.29, 0.717) is 0 Å². The van der Waals surface area contributed by atoms with E-state index in [2.05, 4.69) is 0 Å². The minimum Gasteiger partial charge on any atom is -0.394 e. The zero-order chi connectivity index (χ0) is 21.3. The van der Waals surface area contributed by atoms with Gasteiger partial charge in [0.1, 0.15) is 54.9 Å². The van der Waals surface area contributed by atoms with Crippen LogP contribution in [0.2, 0.25) is 0 Å². The van der Waals surface area contributed by atoms with E-state index >= 15 is 0 Å². The maximum absolute atomic E-state index is 10.3. The molecular formula is C16H28O13. The summed E-state index contributed by atoms with van der Waals surface area (Å²) in [7, 11) is 1.35. The number of hydrogen-bond donors (Lipinski definition) is 7. The number of ether oxygens (including phenoxy) is 6. The Hall–Kier alpha value is -0.520. The van der Waals surface area contributed by atoms with Crippen molar-refractivity contribution in [3.05, 3.63) is 0 Å². The third kappa shape index (κ3) is 4.57. The summed E-state index contributed by atoms with van der Waals surface area (Å²) in [5.74, 6) is 0. The van der Waals surface area contributed by atoms with Crippen LogP contribution in [0.1, 0.15) is 0 Å². The molecule has 0 amide bonds. The van der Waals surface area contributed by atoms with Gasteiger partial charge in [-0.3, -0.25) is 0 Å². The lowest BCUT2D eigenvalue weighted by molar-refractivity contribution is -0.336. The number of aliphatic hydroxyl groups excluding tert-OH is 7. The fraction of sp³-hybridized carbons (Fsp3) is 1.00. The normalized spacial score (nSPS) is 50.9. The monoisotopic (exact) mass is 428 g/mol.